The van der Waals surface area contributed by atoms with E-state index in [9.17, 15) is 8.42 Å². The van der Waals surface area contributed by atoms with Gasteiger partial charge in [0.1, 0.15) is 0 Å². The Hall–Kier alpha value is -1.11. The second kappa shape index (κ2) is 7.94. The number of piperidine rings is 1. The summed E-state index contributed by atoms with van der Waals surface area (Å²) in [6.07, 6.45) is 2.86. The molecule has 0 spiro atoms. The minimum atomic E-state index is -3.31. The molecule has 1 heterocycles. The molecule has 0 bridgehead atoms. The van der Waals surface area contributed by atoms with E-state index in [1.54, 1.807) is 4.31 Å². The van der Waals surface area contributed by atoms with Crippen molar-refractivity contribution in [2.24, 2.45) is 5.92 Å². The summed E-state index contributed by atoms with van der Waals surface area (Å²) < 4.78 is 28.8. The first-order valence-electron chi connectivity index (χ1n) is 8.00. The lowest BCUT2D eigenvalue weighted by molar-refractivity contribution is 0.278. The Bertz CT molecular complexity index is 548. The third-order valence-electron chi connectivity index (χ3n) is 4.11. The maximum absolute atomic E-state index is 12.2. The topological polar surface area (TPSA) is 52.7 Å². The van der Waals surface area contributed by atoms with Gasteiger partial charge in [-0.25, -0.2) is 4.72 Å². The van der Waals surface area contributed by atoms with Gasteiger partial charge in [-0.15, -0.1) is 0 Å². The maximum atomic E-state index is 12.2. The van der Waals surface area contributed by atoms with Crippen molar-refractivity contribution in [3.05, 3.63) is 30.3 Å². The van der Waals surface area contributed by atoms with Crippen LogP contribution in [0.5, 0.6) is 0 Å². The van der Waals surface area contributed by atoms with Crippen molar-refractivity contribution in [1.29, 1.82) is 0 Å². The summed E-state index contributed by atoms with van der Waals surface area (Å²) in [6, 6.07) is 10.1. The SMILES string of the molecule is C[C@@H]1CCCN(S(=O)(=O)NCCCN(C)c2ccccc2)C1. The molecule has 1 atom stereocenters. The van der Waals surface area contributed by atoms with Crippen LogP contribution in [0, 0.1) is 5.92 Å². The van der Waals surface area contributed by atoms with E-state index >= 15 is 0 Å². The van der Waals surface area contributed by atoms with Gasteiger partial charge in [0.2, 0.25) is 0 Å². The van der Waals surface area contributed by atoms with Crippen molar-refractivity contribution in [3.63, 3.8) is 0 Å². The van der Waals surface area contributed by atoms with E-state index in [0.29, 0.717) is 25.6 Å². The van der Waals surface area contributed by atoms with Crippen molar-refractivity contribution in [2.75, 3.05) is 38.1 Å². The Balaban J connectivity index is 1.73. The highest BCUT2D eigenvalue weighted by molar-refractivity contribution is 7.87. The van der Waals surface area contributed by atoms with Gasteiger partial charge in [0.25, 0.3) is 10.2 Å². The molecule has 0 unspecified atom stereocenters. The van der Waals surface area contributed by atoms with Gasteiger partial charge in [-0.1, -0.05) is 25.1 Å². The number of rotatable bonds is 7. The number of hydrogen-bond acceptors (Lipinski definition) is 3. The summed E-state index contributed by atoms with van der Waals surface area (Å²) in [7, 11) is -1.29. The zero-order chi connectivity index (χ0) is 16.0. The first kappa shape index (κ1) is 17.2. The van der Waals surface area contributed by atoms with Crippen LogP contribution in [0.15, 0.2) is 30.3 Å². The molecule has 6 heteroatoms. The fourth-order valence-electron chi connectivity index (χ4n) is 2.78. The van der Waals surface area contributed by atoms with E-state index in [1.807, 2.05) is 25.2 Å². The molecule has 0 aromatic heterocycles. The first-order valence-corrected chi connectivity index (χ1v) is 9.44. The van der Waals surface area contributed by atoms with Crippen molar-refractivity contribution in [1.82, 2.24) is 9.03 Å². The van der Waals surface area contributed by atoms with Crippen LogP contribution in [-0.2, 0) is 10.2 Å². The fourth-order valence-corrected chi connectivity index (χ4v) is 4.19. The Morgan fingerprint density at radius 1 is 1.32 bits per heavy atom. The summed E-state index contributed by atoms with van der Waals surface area (Å²) in [5.41, 5.74) is 1.15. The third kappa shape index (κ3) is 4.97. The molecule has 1 saturated heterocycles. The number of benzene rings is 1. The van der Waals surface area contributed by atoms with Crippen LogP contribution < -0.4 is 9.62 Å². The minimum Gasteiger partial charge on any atom is -0.375 e. The molecule has 5 nitrogen and oxygen atoms in total. The van der Waals surface area contributed by atoms with Gasteiger partial charge in [0, 0.05) is 38.9 Å². The monoisotopic (exact) mass is 325 g/mol. The van der Waals surface area contributed by atoms with Crippen molar-refractivity contribution in [3.8, 4) is 0 Å². The number of nitrogens with one attached hydrogen (secondary N) is 1. The average molecular weight is 325 g/mol. The normalized spacial score (nSPS) is 20.0. The molecule has 1 N–H and O–H groups in total. The van der Waals surface area contributed by atoms with Gasteiger partial charge in [0.15, 0.2) is 0 Å². The van der Waals surface area contributed by atoms with Crippen LogP contribution in [0.25, 0.3) is 0 Å². The second-order valence-corrected chi connectivity index (χ2v) is 7.87. The zero-order valence-corrected chi connectivity index (χ0v) is 14.3. The number of para-hydroxylation sites is 1. The molecular weight excluding hydrogens is 298 g/mol. The van der Waals surface area contributed by atoms with Crippen LogP contribution in [0.1, 0.15) is 26.2 Å². The highest BCUT2D eigenvalue weighted by Gasteiger charge is 2.26. The quantitative estimate of drug-likeness (QED) is 0.781. The first-order chi connectivity index (χ1) is 10.5. The molecular formula is C16H27N3O2S. The summed E-state index contributed by atoms with van der Waals surface area (Å²) >= 11 is 0. The second-order valence-electron chi connectivity index (χ2n) is 6.12. The number of nitrogens with zero attached hydrogens (tertiary/aromatic N) is 2. The van der Waals surface area contributed by atoms with Crippen molar-refractivity contribution >= 4 is 15.9 Å². The molecule has 0 radical (unpaired) electrons. The molecule has 124 valence electrons. The lowest BCUT2D eigenvalue weighted by Gasteiger charge is -2.30. The summed E-state index contributed by atoms with van der Waals surface area (Å²) in [5.74, 6) is 0.453. The zero-order valence-electron chi connectivity index (χ0n) is 13.5. The van der Waals surface area contributed by atoms with E-state index in [2.05, 4.69) is 28.7 Å². The smallest absolute Gasteiger partial charge is 0.279 e. The highest BCUT2D eigenvalue weighted by atomic mass is 32.2. The van der Waals surface area contributed by atoms with E-state index in [1.165, 1.54) is 0 Å². The standard InChI is InChI=1S/C16H27N3O2S/c1-15-8-6-13-19(14-15)22(20,21)17-11-7-12-18(2)16-9-4-3-5-10-16/h3-5,9-10,15,17H,6-8,11-14H2,1-2H3/t15-/m1/s1. The van der Waals surface area contributed by atoms with Crippen molar-refractivity contribution in [2.45, 2.75) is 26.2 Å². The molecule has 1 aromatic rings. The maximum Gasteiger partial charge on any atom is 0.279 e. The van der Waals surface area contributed by atoms with Crippen LogP contribution in [0.2, 0.25) is 0 Å². The molecule has 1 aromatic carbocycles. The van der Waals surface area contributed by atoms with Crippen LogP contribution >= 0.6 is 0 Å². The largest absolute Gasteiger partial charge is 0.375 e. The predicted molar refractivity (Wildman–Crippen MR) is 91.2 cm³/mol. The highest BCUT2D eigenvalue weighted by Crippen LogP contribution is 2.17. The molecule has 2 rings (SSSR count). The number of anilines is 1. The van der Waals surface area contributed by atoms with E-state index in [-0.39, 0.29) is 0 Å². The summed E-state index contributed by atoms with van der Waals surface area (Å²) in [5, 5.41) is 0. The van der Waals surface area contributed by atoms with Gasteiger partial charge in [0.05, 0.1) is 0 Å². The van der Waals surface area contributed by atoms with Crippen LogP contribution in [0.4, 0.5) is 5.69 Å². The Morgan fingerprint density at radius 3 is 2.73 bits per heavy atom. The average Bonchev–Trinajstić information content (AvgIpc) is 2.52. The van der Waals surface area contributed by atoms with Gasteiger partial charge in [-0.3, -0.25) is 0 Å². The van der Waals surface area contributed by atoms with Gasteiger partial charge >= 0.3 is 0 Å². The minimum absolute atomic E-state index is 0.453. The fraction of sp³-hybridized carbons (Fsp3) is 0.625. The van der Waals surface area contributed by atoms with E-state index in [0.717, 1.165) is 31.5 Å². The summed E-state index contributed by atoms with van der Waals surface area (Å²) in [6.45, 7) is 4.69. The lowest BCUT2D eigenvalue weighted by atomic mass is 10.0. The van der Waals surface area contributed by atoms with Gasteiger partial charge in [-0.05, 0) is 37.3 Å². The third-order valence-corrected chi connectivity index (χ3v) is 5.69. The Labute approximate surface area is 134 Å². The molecule has 22 heavy (non-hydrogen) atoms. The lowest BCUT2D eigenvalue weighted by Crippen LogP contribution is -2.46. The van der Waals surface area contributed by atoms with Crippen LogP contribution in [-0.4, -0.2) is 45.9 Å². The van der Waals surface area contributed by atoms with E-state index in [4.69, 9.17) is 0 Å². The Morgan fingerprint density at radius 2 is 2.05 bits per heavy atom. The summed E-state index contributed by atoms with van der Waals surface area (Å²) in [4.78, 5) is 2.14. The van der Waals surface area contributed by atoms with Crippen LogP contribution in [0.3, 0.4) is 0 Å². The van der Waals surface area contributed by atoms with Gasteiger partial charge in [-0.2, -0.15) is 12.7 Å². The molecule has 1 aliphatic rings. The molecule has 1 fully saturated rings. The Kier molecular flexibility index (Phi) is 6.23. The molecule has 0 amide bonds. The molecule has 1 aliphatic heterocycles. The van der Waals surface area contributed by atoms with Crippen molar-refractivity contribution < 1.29 is 8.42 Å². The van der Waals surface area contributed by atoms with E-state index < -0.39 is 10.2 Å². The molecule has 0 saturated carbocycles. The number of hydrogen-bond donors (Lipinski definition) is 1. The molecule has 0 aliphatic carbocycles. The predicted octanol–water partition coefficient (Wildman–Crippen LogP) is 2.08. The van der Waals surface area contributed by atoms with Gasteiger partial charge < -0.3 is 4.90 Å².